The van der Waals surface area contributed by atoms with Crippen molar-refractivity contribution >= 4 is 39.5 Å². The second kappa shape index (κ2) is 83.1. The molecule has 660 valence electrons. The number of hydrogen-bond donors (Lipinski definition) is 3. The summed E-state index contributed by atoms with van der Waals surface area (Å²) in [6.45, 7) is 9.79. The number of aliphatic hydroxyl groups excluding tert-OH is 1. The first-order valence-corrected chi connectivity index (χ1v) is 50.5. The van der Waals surface area contributed by atoms with E-state index in [1.54, 1.807) is 0 Å². The van der Waals surface area contributed by atoms with E-state index in [0.29, 0.717) is 25.7 Å². The lowest BCUT2D eigenvalue weighted by Gasteiger charge is -2.21. The molecule has 0 aliphatic heterocycles. The van der Waals surface area contributed by atoms with E-state index in [4.69, 9.17) is 37.0 Å². The lowest BCUT2D eigenvalue weighted by molar-refractivity contribution is -0.161. The molecule has 2 unspecified atom stereocenters. The van der Waals surface area contributed by atoms with Gasteiger partial charge in [0.25, 0.3) is 0 Å². The van der Waals surface area contributed by atoms with Gasteiger partial charge in [-0.3, -0.25) is 37.3 Å². The van der Waals surface area contributed by atoms with Gasteiger partial charge in [-0.05, 0) is 37.5 Å². The minimum atomic E-state index is -4.97. The SMILES string of the molecule is CCCCCCCCCCCCCCCCCCC(=O)O[C@H](COC(=O)CCCCCCCCCCCCCCC)COP(=O)(O)OC[C@H](O)COP(=O)(O)OC[C@@H](COC(=O)CCCCCCCCCCCCCCCCCCCCC(C)C)OC(=O)CCCCCCCCCCCCCCCCCCCCC(C)C. The molecule has 0 bridgehead atoms. The third kappa shape index (κ3) is 85.8. The van der Waals surface area contributed by atoms with Crippen molar-refractivity contribution in [2.45, 2.75) is 516 Å². The van der Waals surface area contributed by atoms with Crippen molar-refractivity contribution in [1.29, 1.82) is 0 Å². The number of rotatable bonds is 91. The van der Waals surface area contributed by atoms with Gasteiger partial charge in [0.15, 0.2) is 12.2 Å². The Morgan fingerprint density at radius 3 is 0.613 bits per heavy atom. The zero-order valence-corrected chi connectivity index (χ0v) is 75.1. The molecule has 111 heavy (non-hydrogen) atoms. The minimum absolute atomic E-state index is 0.109. The number of carbonyl (C=O) groups excluding carboxylic acids is 4. The van der Waals surface area contributed by atoms with Gasteiger partial charge < -0.3 is 33.8 Å². The Morgan fingerprint density at radius 2 is 0.414 bits per heavy atom. The predicted molar refractivity (Wildman–Crippen MR) is 460 cm³/mol. The van der Waals surface area contributed by atoms with Crippen LogP contribution in [-0.2, 0) is 65.4 Å². The second-order valence-corrected chi connectivity index (χ2v) is 36.9. The van der Waals surface area contributed by atoms with Gasteiger partial charge in [-0.15, -0.1) is 0 Å². The molecule has 0 aliphatic carbocycles. The maximum atomic E-state index is 13.2. The van der Waals surface area contributed by atoms with Gasteiger partial charge >= 0.3 is 39.5 Å². The largest absolute Gasteiger partial charge is 0.472 e. The Morgan fingerprint density at radius 1 is 0.243 bits per heavy atom. The first-order valence-electron chi connectivity index (χ1n) is 47.5. The third-order valence-electron chi connectivity index (χ3n) is 21.7. The Bertz CT molecular complexity index is 2120. The summed E-state index contributed by atoms with van der Waals surface area (Å²) >= 11 is 0. The maximum Gasteiger partial charge on any atom is 0.472 e. The summed E-state index contributed by atoms with van der Waals surface area (Å²) < 4.78 is 69.1. The highest BCUT2D eigenvalue weighted by Gasteiger charge is 2.31. The Balaban J connectivity index is 5.25. The van der Waals surface area contributed by atoms with Crippen molar-refractivity contribution < 1.29 is 80.2 Å². The van der Waals surface area contributed by atoms with E-state index in [2.05, 4.69) is 41.5 Å². The van der Waals surface area contributed by atoms with E-state index >= 15 is 0 Å². The number of ether oxygens (including phenoxy) is 4. The molecule has 0 heterocycles. The number of hydrogen-bond acceptors (Lipinski definition) is 15. The van der Waals surface area contributed by atoms with Gasteiger partial charge in [-0.2, -0.15) is 0 Å². The molecule has 0 aromatic heterocycles. The Labute approximate surface area is 683 Å². The third-order valence-corrected chi connectivity index (χ3v) is 23.6. The minimum Gasteiger partial charge on any atom is -0.462 e. The number of unbranched alkanes of at least 4 members (excludes halogenated alkanes) is 61. The van der Waals surface area contributed by atoms with Crippen LogP contribution < -0.4 is 0 Å². The van der Waals surface area contributed by atoms with Crippen LogP contribution in [0.2, 0.25) is 0 Å². The fourth-order valence-electron chi connectivity index (χ4n) is 14.5. The van der Waals surface area contributed by atoms with Gasteiger partial charge in [-0.1, -0.05) is 446 Å². The van der Waals surface area contributed by atoms with E-state index in [1.807, 2.05) is 0 Å². The molecule has 0 radical (unpaired) electrons. The molecule has 0 amide bonds. The van der Waals surface area contributed by atoms with Crippen LogP contribution in [0, 0.1) is 11.8 Å². The van der Waals surface area contributed by atoms with Crippen LogP contribution in [0.1, 0.15) is 497 Å². The highest BCUT2D eigenvalue weighted by atomic mass is 31.2. The molecular weight excluding hydrogens is 1440 g/mol. The smallest absolute Gasteiger partial charge is 0.462 e. The fraction of sp³-hybridized carbons (Fsp3) is 0.957. The zero-order chi connectivity index (χ0) is 81.3. The zero-order valence-electron chi connectivity index (χ0n) is 73.3. The fourth-order valence-corrected chi connectivity index (χ4v) is 16.1. The molecule has 0 saturated heterocycles. The molecule has 5 atom stereocenters. The number of aliphatic hydroxyl groups is 1. The monoisotopic (exact) mass is 1620 g/mol. The average molecular weight is 1620 g/mol. The van der Waals surface area contributed by atoms with E-state index < -0.39 is 97.5 Å². The van der Waals surface area contributed by atoms with Crippen LogP contribution in [0.25, 0.3) is 0 Å². The van der Waals surface area contributed by atoms with Crippen LogP contribution in [-0.4, -0.2) is 96.7 Å². The van der Waals surface area contributed by atoms with E-state index in [9.17, 15) is 43.2 Å². The van der Waals surface area contributed by atoms with Crippen LogP contribution in [0.4, 0.5) is 0 Å². The lowest BCUT2D eigenvalue weighted by atomic mass is 10.0. The predicted octanol–water partition coefficient (Wildman–Crippen LogP) is 28.6. The van der Waals surface area contributed by atoms with Gasteiger partial charge in [-0.25, -0.2) is 9.13 Å². The topological polar surface area (TPSA) is 237 Å². The Hall–Kier alpha value is -1.94. The highest BCUT2D eigenvalue weighted by molar-refractivity contribution is 7.47. The lowest BCUT2D eigenvalue weighted by Crippen LogP contribution is -2.30. The van der Waals surface area contributed by atoms with Crippen LogP contribution in [0.3, 0.4) is 0 Å². The molecule has 0 aliphatic rings. The van der Waals surface area contributed by atoms with E-state index in [-0.39, 0.29) is 25.7 Å². The molecule has 0 aromatic rings. The summed E-state index contributed by atoms with van der Waals surface area (Å²) in [5, 5.41) is 10.7. The van der Waals surface area contributed by atoms with E-state index in [1.165, 1.54) is 315 Å². The molecule has 19 heteroatoms. The van der Waals surface area contributed by atoms with Crippen molar-refractivity contribution in [2.24, 2.45) is 11.8 Å². The molecule has 0 spiro atoms. The van der Waals surface area contributed by atoms with Crippen molar-refractivity contribution in [2.75, 3.05) is 39.6 Å². The van der Waals surface area contributed by atoms with Gasteiger partial charge in [0.2, 0.25) is 0 Å². The molecule has 17 nitrogen and oxygen atoms in total. The number of phosphoric ester groups is 2. The number of phosphoric acid groups is 2. The first-order chi connectivity index (χ1) is 53.9. The van der Waals surface area contributed by atoms with Crippen LogP contribution >= 0.6 is 15.6 Å². The summed E-state index contributed by atoms with van der Waals surface area (Å²) in [5.74, 6) is -0.448. The second-order valence-electron chi connectivity index (χ2n) is 34.0. The Kier molecular flexibility index (Phi) is 81.7. The van der Waals surface area contributed by atoms with Gasteiger partial charge in [0, 0.05) is 25.7 Å². The summed E-state index contributed by atoms with van der Waals surface area (Å²) in [4.78, 5) is 73.5. The maximum absolute atomic E-state index is 13.2. The van der Waals surface area contributed by atoms with E-state index in [0.717, 1.165) is 102 Å². The van der Waals surface area contributed by atoms with Crippen LogP contribution in [0.5, 0.6) is 0 Å². The normalized spacial score (nSPS) is 13.7. The highest BCUT2D eigenvalue weighted by Crippen LogP contribution is 2.45. The molecule has 0 fully saturated rings. The van der Waals surface area contributed by atoms with Crippen molar-refractivity contribution in [3.8, 4) is 0 Å². The summed E-state index contributed by atoms with van der Waals surface area (Å²) in [6, 6.07) is 0. The van der Waals surface area contributed by atoms with Gasteiger partial charge in [0.1, 0.15) is 19.3 Å². The standard InChI is InChI=1S/C92H180O17P2/c1-7-9-11-13-15-17-19-21-22-33-40-46-52-58-64-70-76-91(96)108-87(80-102-89(94)74-68-62-56-50-44-36-20-18-16-14-12-10-8-2)82-106-110(98,99)104-78-86(93)79-105-111(100,101)107-83-88(109-92(97)77-71-65-59-53-47-41-35-30-26-24-28-32-38-43-49-55-61-67-73-85(5)6)81-103-90(95)75-69-63-57-51-45-39-34-29-25-23-27-31-37-42-48-54-60-66-72-84(3)4/h84-88,93H,7-83H2,1-6H3,(H,98,99)(H,100,101)/t86-,87+,88+/m0/s1. The first kappa shape index (κ1) is 109. The quantitative estimate of drug-likeness (QED) is 0.0222. The summed E-state index contributed by atoms with van der Waals surface area (Å²) in [6.07, 6.45) is 77.7. The summed E-state index contributed by atoms with van der Waals surface area (Å²) in [7, 11) is -9.94. The van der Waals surface area contributed by atoms with Crippen LogP contribution in [0.15, 0.2) is 0 Å². The van der Waals surface area contributed by atoms with Gasteiger partial charge in [0.05, 0.1) is 26.4 Å². The molecular formula is C92H180O17P2. The molecule has 0 aromatic carbocycles. The van der Waals surface area contributed by atoms with Crippen molar-refractivity contribution in [3.63, 3.8) is 0 Å². The van der Waals surface area contributed by atoms with Crippen molar-refractivity contribution in [3.05, 3.63) is 0 Å². The number of esters is 4. The average Bonchev–Trinajstić information content (AvgIpc) is 0.900. The molecule has 0 rings (SSSR count). The number of carbonyl (C=O) groups is 4. The molecule has 3 N–H and O–H groups in total. The molecule has 0 saturated carbocycles. The van der Waals surface area contributed by atoms with Crippen molar-refractivity contribution in [1.82, 2.24) is 0 Å². The summed E-state index contributed by atoms with van der Waals surface area (Å²) in [5.41, 5.74) is 0.